The van der Waals surface area contributed by atoms with Crippen LogP contribution in [0.2, 0.25) is 0 Å². The van der Waals surface area contributed by atoms with E-state index in [-0.39, 0.29) is 30.0 Å². The Morgan fingerprint density at radius 3 is 2.67 bits per heavy atom. The zero-order valence-corrected chi connectivity index (χ0v) is 14.6. The number of hydrazone groups is 1. The van der Waals surface area contributed by atoms with Crippen molar-refractivity contribution in [1.82, 2.24) is 14.9 Å². The molecule has 2 aromatic rings. The Morgan fingerprint density at radius 1 is 1.19 bits per heavy atom. The second-order valence-electron chi connectivity index (χ2n) is 6.62. The number of ether oxygens (including phenoxy) is 1. The van der Waals surface area contributed by atoms with Crippen LogP contribution in [0.15, 0.2) is 47.8 Å². The molecule has 0 aliphatic carbocycles. The van der Waals surface area contributed by atoms with E-state index in [2.05, 4.69) is 10.1 Å². The van der Waals surface area contributed by atoms with E-state index < -0.39 is 5.82 Å². The molecular weight excluding hydrogens is 354 g/mol. The second-order valence-corrected chi connectivity index (χ2v) is 6.62. The molecule has 27 heavy (non-hydrogen) atoms. The third kappa shape index (κ3) is 3.34. The van der Waals surface area contributed by atoms with Crippen LogP contribution in [0.25, 0.3) is 0 Å². The summed E-state index contributed by atoms with van der Waals surface area (Å²) in [6.07, 6.45) is 4.64. The van der Waals surface area contributed by atoms with Crippen molar-refractivity contribution in [2.75, 3.05) is 6.54 Å². The zero-order chi connectivity index (χ0) is 19.0. The minimum atomic E-state index is -0.447. The lowest BCUT2D eigenvalue weighted by Gasteiger charge is -2.46. The minimum absolute atomic E-state index is 0.162. The molecule has 1 aromatic carbocycles. The number of nitrogens with zero attached hydrogens (tertiary/aromatic N) is 4. The largest absolute Gasteiger partial charge is 0.486 e. The summed E-state index contributed by atoms with van der Waals surface area (Å²) in [5.74, 6) is -0.217. The molecule has 1 aromatic heterocycles. The van der Waals surface area contributed by atoms with Gasteiger partial charge in [0.2, 0.25) is 0 Å². The van der Waals surface area contributed by atoms with Crippen molar-refractivity contribution in [3.05, 3.63) is 59.9 Å². The van der Waals surface area contributed by atoms with Crippen molar-refractivity contribution in [2.24, 2.45) is 5.10 Å². The van der Waals surface area contributed by atoms with Crippen LogP contribution in [-0.2, 0) is 0 Å². The van der Waals surface area contributed by atoms with Gasteiger partial charge in [0.15, 0.2) is 0 Å². The topological polar surface area (TPSA) is 58.0 Å². The highest BCUT2D eigenvalue weighted by Crippen LogP contribution is 2.32. The quantitative estimate of drug-likeness (QED) is 0.830. The summed E-state index contributed by atoms with van der Waals surface area (Å²) in [7, 11) is 0. The Labute approximate surface area is 155 Å². The highest BCUT2D eigenvalue weighted by atomic mass is 19.1. The molecule has 1 fully saturated rings. The lowest BCUT2D eigenvalue weighted by atomic mass is 10.0. The minimum Gasteiger partial charge on any atom is -0.486 e. The molecule has 0 saturated carbocycles. The third-order valence-electron chi connectivity index (χ3n) is 4.89. The van der Waals surface area contributed by atoms with Crippen molar-refractivity contribution in [3.8, 4) is 5.75 Å². The summed E-state index contributed by atoms with van der Waals surface area (Å²) in [5.41, 5.74) is 0.605. The maximum atomic E-state index is 13.5. The summed E-state index contributed by atoms with van der Waals surface area (Å²) in [5, 5.41) is 5.53. The van der Waals surface area contributed by atoms with Gasteiger partial charge in [0.1, 0.15) is 23.5 Å². The Balaban J connectivity index is 1.41. The number of urea groups is 1. The van der Waals surface area contributed by atoms with Crippen LogP contribution in [0.5, 0.6) is 5.75 Å². The van der Waals surface area contributed by atoms with E-state index in [1.165, 1.54) is 23.2 Å². The highest BCUT2D eigenvalue weighted by molar-refractivity contribution is 5.79. The first-order chi connectivity index (χ1) is 13.0. The maximum Gasteiger partial charge on any atom is 0.341 e. The van der Waals surface area contributed by atoms with Crippen LogP contribution in [0.4, 0.5) is 13.6 Å². The first kappa shape index (κ1) is 17.4. The second kappa shape index (κ2) is 6.94. The molecule has 3 heterocycles. The van der Waals surface area contributed by atoms with Gasteiger partial charge in [-0.25, -0.2) is 18.6 Å². The lowest BCUT2D eigenvalue weighted by Crippen LogP contribution is -2.64. The first-order valence-corrected chi connectivity index (χ1v) is 8.68. The monoisotopic (exact) mass is 372 g/mol. The van der Waals surface area contributed by atoms with Gasteiger partial charge in [0.25, 0.3) is 0 Å². The fourth-order valence-electron chi connectivity index (χ4n) is 3.27. The molecule has 3 atom stereocenters. The van der Waals surface area contributed by atoms with Crippen LogP contribution in [0.1, 0.15) is 24.9 Å². The normalized spacial score (nSPS) is 24.0. The van der Waals surface area contributed by atoms with Gasteiger partial charge >= 0.3 is 6.03 Å². The summed E-state index contributed by atoms with van der Waals surface area (Å²) in [6.45, 7) is 2.28. The first-order valence-electron chi connectivity index (χ1n) is 8.68. The Morgan fingerprint density at radius 2 is 1.96 bits per heavy atom. The van der Waals surface area contributed by atoms with Crippen molar-refractivity contribution >= 4 is 12.2 Å². The van der Waals surface area contributed by atoms with Crippen LogP contribution < -0.4 is 4.74 Å². The fourth-order valence-corrected chi connectivity index (χ4v) is 3.27. The van der Waals surface area contributed by atoms with Crippen molar-refractivity contribution in [3.63, 3.8) is 0 Å². The number of amides is 2. The fraction of sp³-hybridized carbons (Fsp3) is 0.316. The molecule has 6 nitrogen and oxygen atoms in total. The van der Waals surface area contributed by atoms with Gasteiger partial charge in [0, 0.05) is 18.8 Å². The van der Waals surface area contributed by atoms with E-state index in [9.17, 15) is 13.6 Å². The van der Waals surface area contributed by atoms with Gasteiger partial charge < -0.3 is 9.64 Å². The molecule has 2 amide bonds. The molecule has 0 unspecified atom stereocenters. The molecule has 8 heteroatoms. The van der Waals surface area contributed by atoms with Crippen molar-refractivity contribution in [2.45, 2.75) is 31.5 Å². The lowest BCUT2D eigenvalue weighted by molar-refractivity contribution is -0.0197. The molecule has 0 spiro atoms. The highest BCUT2D eigenvalue weighted by Gasteiger charge is 2.44. The molecule has 2 aliphatic heterocycles. The molecule has 0 bridgehead atoms. The molecule has 2 aliphatic rings. The van der Waals surface area contributed by atoms with Gasteiger partial charge in [-0.1, -0.05) is 0 Å². The molecule has 1 saturated heterocycles. The summed E-state index contributed by atoms with van der Waals surface area (Å²) in [6, 6.07) is 6.36. The molecule has 0 radical (unpaired) electrons. The average Bonchev–Trinajstić information content (AvgIpc) is 3.15. The van der Waals surface area contributed by atoms with E-state index in [0.29, 0.717) is 24.3 Å². The van der Waals surface area contributed by atoms with Crippen LogP contribution in [-0.4, -0.2) is 45.8 Å². The predicted molar refractivity (Wildman–Crippen MR) is 94.3 cm³/mol. The van der Waals surface area contributed by atoms with Crippen LogP contribution in [0.3, 0.4) is 0 Å². The molecule has 0 N–H and O–H groups in total. The number of halogens is 2. The average molecular weight is 372 g/mol. The molecule has 4 rings (SSSR count). The smallest absolute Gasteiger partial charge is 0.341 e. The van der Waals surface area contributed by atoms with Crippen LogP contribution >= 0.6 is 0 Å². The number of hydrogen-bond donors (Lipinski definition) is 0. The summed E-state index contributed by atoms with van der Waals surface area (Å²) < 4.78 is 32.3. The third-order valence-corrected chi connectivity index (χ3v) is 4.89. The van der Waals surface area contributed by atoms with E-state index in [1.807, 2.05) is 6.92 Å². The number of likely N-dealkylation sites (tertiary alicyclic amines) is 1. The van der Waals surface area contributed by atoms with Crippen LogP contribution in [0, 0.1) is 11.6 Å². The maximum absolute atomic E-state index is 13.5. The SMILES string of the molecule is C[C@H]1[C@@H](Oc2ccc(F)cc2)CN1C(=O)N1N=CC[C@H]1c1cncc(F)c1. The van der Waals surface area contributed by atoms with Gasteiger partial charge in [-0.3, -0.25) is 4.98 Å². The summed E-state index contributed by atoms with van der Waals surface area (Å²) in [4.78, 5) is 18.4. The van der Waals surface area contributed by atoms with Gasteiger partial charge in [-0.05, 0) is 42.8 Å². The summed E-state index contributed by atoms with van der Waals surface area (Å²) >= 11 is 0. The van der Waals surface area contributed by atoms with Gasteiger partial charge in [-0.2, -0.15) is 5.10 Å². The van der Waals surface area contributed by atoms with E-state index in [4.69, 9.17) is 4.74 Å². The Kier molecular flexibility index (Phi) is 4.47. The van der Waals surface area contributed by atoms with Crippen molar-refractivity contribution < 1.29 is 18.3 Å². The number of pyridine rings is 1. The zero-order valence-electron chi connectivity index (χ0n) is 14.6. The van der Waals surface area contributed by atoms with E-state index in [1.54, 1.807) is 29.4 Å². The molecular formula is C19H18F2N4O2. The van der Waals surface area contributed by atoms with Gasteiger partial charge in [-0.15, -0.1) is 0 Å². The number of hydrogen-bond acceptors (Lipinski definition) is 4. The standard InChI is InChI=1S/C19H18F2N4O2/c1-12-18(27-16-4-2-14(20)3-5-16)11-24(12)19(26)25-17(6-7-23-25)13-8-15(21)10-22-9-13/h2-5,7-10,12,17-18H,6,11H2,1H3/t12-,17-,18-/m0/s1. The number of aromatic nitrogens is 1. The number of carbonyl (C=O) groups is 1. The number of carbonyl (C=O) groups excluding carboxylic acids is 1. The van der Waals surface area contributed by atoms with E-state index >= 15 is 0 Å². The van der Waals surface area contributed by atoms with Gasteiger partial charge in [0.05, 0.1) is 24.8 Å². The Bertz CT molecular complexity index is 874. The molecule has 140 valence electrons. The predicted octanol–water partition coefficient (Wildman–Crippen LogP) is 3.36. The number of rotatable bonds is 3. The van der Waals surface area contributed by atoms with E-state index in [0.717, 1.165) is 6.20 Å². The van der Waals surface area contributed by atoms with Crippen molar-refractivity contribution in [1.29, 1.82) is 0 Å². The Hall–Kier alpha value is -3.03. The number of benzene rings is 1.